The van der Waals surface area contributed by atoms with Crippen molar-refractivity contribution in [2.24, 2.45) is 4.99 Å². The molecule has 0 bridgehead atoms. The minimum Gasteiger partial charge on any atom is -0.351 e. The molecule has 1 saturated heterocycles. The standard InChI is InChI=1S/C20H19FN4O2S2/c1-13(26)25(16-8-4-3-7-15(16)21)20-22-14(12-28-20)11-17-18(27)23-19(29-17)24-9-5-2-6-10-24/h3-4,7-8,11-12H,2,5-6,9-10H2,1H3. The van der Waals surface area contributed by atoms with Crippen molar-refractivity contribution in [1.82, 2.24) is 9.88 Å². The molecule has 2 aromatic rings. The van der Waals surface area contributed by atoms with Crippen molar-refractivity contribution in [2.45, 2.75) is 26.2 Å². The van der Waals surface area contributed by atoms with Gasteiger partial charge in [-0.15, -0.1) is 11.3 Å². The fourth-order valence-corrected chi connectivity index (χ4v) is 5.03. The van der Waals surface area contributed by atoms with Crippen LogP contribution in [0.3, 0.4) is 0 Å². The molecule has 0 saturated carbocycles. The van der Waals surface area contributed by atoms with Gasteiger partial charge in [0, 0.05) is 25.4 Å². The van der Waals surface area contributed by atoms with E-state index in [-0.39, 0.29) is 17.5 Å². The summed E-state index contributed by atoms with van der Waals surface area (Å²) in [5.74, 6) is -1.12. The van der Waals surface area contributed by atoms with Crippen molar-refractivity contribution in [3.05, 3.63) is 46.1 Å². The van der Waals surface area contributed by atoms with E-state index in [4.69, 9.17) is 0 Å². The zero-order valence-electron chi connectivity index (χ0n) is 15.8. The quantitative estimate of drug-likeness (QED) is 0.675. The van der Waals surface area contributed by atoms with Gasteiger partial charge in [0.2, 0.25) is 5.91 Å². The van der Waals surface area contributed by atoms with Gasteiger partial charge in [-0.3, -0.25) is 14.5 Å². The lowest BCUT2D eigenvalue weighted by Gasteiger charge is -2.27. The number of halogens is 1. The molecule has 29 heavy (non-hydrogen) atoms. The molecule has 0 radical (unpaired) electrons. The van der Waals surface area contributed by atoms with Crippen LogP contribution in [-0.2, 0) is 9.59 Å². The van der Waals surface area contributed by atoms with Crippen LogP contribution in [0.15, 0.2) is 39.5 Å². The Morgan fingerprint density at radius 1 is 1.24 bits per heavy atom. The van der Waals surface area contributed by atoms with Gasteiger partial charge in [0.15, 0.2) is 10.3 Å². The summed E-state index contributed by atoms with van der Waals surface area (Å²) in [5, 5.41) is 2.83. The summed E-state index contributed by atoms with van der Waals surface area (Å²) >= 11 is 2.57. The van der Waals surface area contributed by atoms with Crippen molar-refractivity contribution in [1.29, 1.82) is 0 Å². The van der Waals surface area contributed by atoms with Crippen molar-refractivity contribution in [2.75, 3.05) is 18.0 Å². The van der Waals surface area contributed by atoms with Crippen LogP contribution in [0, 0.1) is 5.82 Å². The van der Waals surface area contributed by atoms with Crippen LogP contribution in [-0.4, -0.2) is 40.0 Å². The summed E-state index contributed by atoms with van der Waals surface area (Å²) in [6, 6.07) is 6.07. The van der Waals surface area contributed by atoms with E-state index in [0.29, 0.717) is 15.7 Å². The van der Waals surface area contributed by atoms with Crippen molar-refractivity contribution in [3.8, 4) is 0 Å². The Morgan fingerprint density at radius 3 is 2.72 bits per heavy atom. The molecular formula is C20H19FN4O2S2. The molecule has 1 aromatic heterocycles. The second-order valence-electron chi connectivity index (χ2n) is 6.72. The number of aromatic nitrogens is 1. The molecule has 1 aromatic carbocycles. The number of aliphatic imine (C=N–C) groups is 1. The number of anilines is 2. The monoisotopic (exact) mass is 430 g/mol. The topological polar surface area (TPSA) is 65.9 Å². The predicted molar refractivity (Wildman–Crippen MR) is 115 cm³/mol. The van der Waals surface area contributed by atoms with E-state index in [9.17, 15) is 14.0 Å². The first-order chi connectivity index (χ1) is 14.0. The van der Waals surface area contributed by atoms with Crippen LogP contribution >= 0.6 is 23.1 Å². The smallest absolute Gasteiger partial charge is 0.286 e. The van der Waals surface area contributed by atoms with Gasteiger partial charge in [-0.25, -0.2) is 9.37 Å². The highest BCUT2D eigenvalue weighted by atomic mass is 32.2. The van der Waals surface area contributed by atoms with Crippen LogP contribution in [0.25, 0.3) is 6.08 Å². The third-order valence-electron chi connectivity index (χ3n) is 4.62. The first-order valence-electron chi connectivity index (χ1n) is 9.31. The molecule has 4 rings (SSSR count). The van der Waals surface area contributed by atoms with E-state index in [1.807, 2.05) is 0 Å². The van der Waals surface area contributed by atoms with Gasteiger partial charge in [-0.1, -0.05) is 12.1 Å². The summed E-state index contributed by atoms with van der Waals surface area (Å²) in [6.45, 7) is 3.20. The fourth-order valence-electron chi connectivity index (χ4n) is 3.24. The van der Waals surface area contributed by atoms with Gasteiger partial charge in [-0.2, -0.15) is 4.99 Å². The average molecular weight is 431 g/mol. The fraction of sp³-hybridized carbons (Fsp3) is 0.300. The highest BCUT2D eigenvalue weighted by Gasteiger charge is 2.27. The maximum atomic E-state index is 14.2. The average Bonchev–Trinajstić information content (AvgIpc) is 3.31. The van der Waals surface area contributed by atoms with E-state index >= 15 is 0 Å². The number of para-hydroxylation sites is 1. The number of amidine groups is 1. The van der Waals surface area contributed by atoms with Crippen molar-refractivity contribution in [3.63, 3.8) is 0 Å². The Morgan fingerprint density at radius 2 is 2.00 bits per heavy atom. The number of rotatable bonds is 3. The number of likely N-dealkylation sites (tertiary alicyclic amines) is 1. The molecule has 3 heterocycles. The highest BCUT2D eigenvalue weighted by molar-refractivity contribution is 8.18. The number of hydrogen-bond acceptors (Lipinski definition) is 6. The molecular weight excluding hydrogens is 411 g/mol. The number of thioether (sulfide) groups is 1. The molecule has 6 nitrogen and oxygen atoms in total. The third-order valence-corrected chi connectivity index (χ3v) is 6.51. The Kier molecular flexibility index (Phi) is 5.77. The number of thiazole rings is 1. The lowest BCUT2D eigenvalue weighted by atomic mass is 10.1. The first-order valence-corrected chi connectivity index (χ1v) is 11.0. The van der Waals surface area contributed by atoms with Crippen molar-refractivity contribution < 1.29 is 14.0 Å². The Balaban J connectivity index is 1.55. The summed E-state index contributed by atoms with van der Waals surface area (Å²) in [6.07, 6.45) is 5.10. The number of piperidine rings is 1. The van der Waals surface area contributed by atoms with Crippen LogP contribution in [0.5, 0.6) is 0 Å². The Bertz CT molecular complexity index is 1010. The minimum absolute atomic E-state index is 0.149. The first kappa shape index (κ1) is 19.8. The predicted octanol–water partition coefficient (Wildman–Crippen LogP) is 4.42. The molecule has 0 atom stereocenters. The number of benzene rings is 1. The summed E-state index contributed by atoms with van der Waals surface area (Å²) in [4.78, 5) is 37.0. The van der Waals surface area contributed by atoms with Crippen LogP contribution in [0.1, 0.15) is 31.9 Å². The largest absolute Gasteiger partial charge is 0.351 e. The lowest BCUT2D eigenvalue weighted by Crippen LogP contribution is -2.33. The normalized spacial score (nSPS) is 18.3. The molecule has 0 aliphatic carbocycles. The summed E-state index contributed by atoms with van der Waals surface area (Å²) < 4.78 is 14.2. The minimum atomic E-state index is -0.501. The SMILES string of the molecule is CC(=O)N(c1nc(C=C2SC(N3CCCCC3)=NC2=O)cs1)c1ccccc1F. The molecule has 0 N–H and O–H groups in total. The van der Waals surface area contributed by atoms with Crippen LogP contribution < -0.4 is 4.90 Å². The molecule has 1 fully saturated rings. The molecule has 0 spiro atoms. The second-order valence-corrected chi connectivity index (χ2v) is 8.56. The van der Waals surface area contributed by atoms with Gasteiger partial charge in [0.05, 0.1) is 16.3 Å². The molecule has 9 heteroatoms. The van der Waals surface area contributed by atoms with E-state index in [1.54, 1.807) is 23.6 Å². The second kappa shape index (κ2) is 8.46. The van der Waals surface area contributed by atoms with E-state index in [0.717, 1.165) is 31.1 Å². The molecule has 150 valence electrons. The highest BCUT2D eigenvalue weighted by Crippen LogP contribution is 2.34. The summed E-state index contributed by atoms with van der Waals surface area (Å²) in [7, 11) is 0. The van der Waals surface area contributed by atoms with E-state index in [1.165, 1.54) is 53.5 Å². The Hall–Kier alpha value is -2.52. The van der Waals surface area contributed by atoms with Gasteiger partial charge in [0.25, 0.3) is 5.91 Å². The lowest BCUT2D eigenvalue weighted by molar-refractivity contribution is -0.116. The molecule has 2 aliphatic rings. The molecule has 0 unspecified atom stereocenters. The van der Waals surface area contributed by atoms with Gasteiger partial charge < -0.3 is 4.90 Å². The third kappa shape index (κ3) is 4.25. The number of amides is 2. The molecule has 2 amide bonds. The van der Waals surface area contributed by atoms with Crippen molar-refractivity contribution >= 4 is 57.0 Å². The maximum absolute atomic E-state index is 14.2. The van der Waals surface area contributed by atoms with Crippen LogP contribution in [0.4, 0.5) is 15.2 Å². The number of hydrogen-bond donors (Lipinski definition) is 0. The zero-order chi connectivity index (χ0) is 20.4. The summed E-state index contributed by atoms with van der Waals surface area (Å²) in [5.41, 5.74) is 0.689. The van der Waals surface area contributed by atoms with Crippen LogP contribution in [0.2, 0.25) is 0 Å². The number of nitrogens with zero attached hydrogens (tertiary/aromatic N) is 4. The van der Waals surface area contributed by atoms with Gasteiger partial charge in [-0.05, 0) is 49.2 Å². The Labute approximate surface area is 176 Å². The van der Waals surface area contributed by atoms with Gasteiger partial charge in [0.1, 0.15) is 5.82 Å². The van der Waals surface area contributed by atoms with Gasteiger partial charge >= 0.3 is 0 Å². The maximum Gasteiger partial charge on any atom is 0.286 e. The van der Waals surface area contributed by atoms with E-state index in [2.05, 4.69) is 14.9 Å². The van der Waals surface area contributed by atoms with E-state index < -0.39 is 5.82 Å². The zero-order valence-corrected chi connectivity index (χ0v) is 17.4. The number of carbonyl (C=O) groups is 2. The molecule has 2 aliphatic heterocycles. The number of carbonyl (C=O) groups excluding carboxylic acids is 2.